The Morgan fingerprint density at radius 3 is 2.58 bits per heavy atom. The number of benzene rings is 1. The summed E-state index contributed by atoms with van der Waals surface area (Å²) in [5, 5.41) is 2.71. The van der Waals surface area contributed by atoms with Crippen LogP contribution in [0.4, 0.5) is 15.0 Å². The van der Waals surface area contributed by atoms with Crippen molar-refractivity contribution in [2.24, 2.45) is 0 Å². The van der Waals surface area contributed by atoms with Crippen LogP contribution in [0.15, 0.2) is 34.7 Å². The van der Waals surface area contributed by atoms with Crippen LogP contribution in [0.2, 0.25) is 0 Å². The third-order valence-corrected chi connectivity index (χ3v) is 9.30. The number of hydrogen-bond donors (Lipinski definition) is 1. The third-order valence-electron chi connectivity index (χ3n) is 6.19. The number of aryl methyl sites for hydroxylation is 1. The predicted molar refractivity (Wildman–Crippen MR) is 141 cm³/mol. The lowest BCUT2D eigenvalue weighted by Gasteiger charge is -2.24. The Morgan fingerprint density at radius 1 is 1.29 bits per heavy atom. The van der Waals surface area contributed by atoms with E-state index in [1.807, 2.05) is 6.92 Å². The summed E-state index contributed by atoms with van der Waals surface area (Å²) in [7, 11) is -5.71. The van der Waals surface area contributed by atoms with Crippen LogP contribution in [-0.2, 0) is 26.5 Å². The maximum absolute atomic E-state index is 13.5. The SMILES string of the molecule is CCc1cc2c(OC(=O)NC)c(-c3ccc(F)cc3)oc2nc1N(CCCN1CCCS1(=O)=O)S(C)(=O)=O. The van der Waals surface area contributed by atoms with Gasteiger partial charge >= 0.3 is 6.09 Å². The molecule has 1 saturated heterocycles. The van der Waals surface area contributed by atoms with Crippen molar-refractivity contribution in [3.63, 3.8) is 0 Å². The van der Waals surface area contributed by atoms with Crippen molar-refractivity contribution in [2.45, 2.75) is 26.2 Å². The van der Waals surface area contributed by atoms with Gasteiger partial charge in [0.1, 0.15) is 11.6 Å². The van der Waals surface area contributed by atoms with Crippen LogP contribution in [0.1, 0.15) is 25.3 Å². The lowest BCUT2D eigenvalue weighted by Crippen LogP contribution is -2.35. The molecule has 206 valence electrons. The maximum Gasteiger partial charge on any atom is 0.412 e. The minimum atomic E-state index is -3.80. The number of ether oxygens (including phenoxy) is 1. The number of rotatable bonds is 9. The number of fused-ring (bicyclic) bond motifs is 1. The van der Waals surface area contributed by atoms with Crippen LogP contribution >= 0.6 is 0 Å². The average molecular weight is 569 g/mol. The van der Waals surface area contributed by atoms with E-state index in [1.54, 1.807) is 6.07 Å². The fourth-order valence-corrected chi connectivity index (χ4v) is 6.81. The Hall–Kier alpha value is -3.23. The number of pyridine rings is 1. The Morgan fingerprint density at radius 2 is 2.00 bits per heavy atom. The van der Waals surface area contributed by atoms with Crippen LogP contribution in [0.25, 0.3) is 22.4 Å². The number of nitrogens with zero attached hydrogens (tertiary/aromatic N) is 3. The Bertz CT molecular complexity index is 1550. The molecular weight excluding hydrogens is 539 g/mol. The molecule has 1 N–H and O–H groups in total. The molecule has 1 aliphatic heterocycles. The fraction of sp³-hybridized carbons (Fsp3) is 0.417. The average Bonchev–Trinajstić information content (AvgIpc) is 3.38. The van der Waals surface area contributed by atoms with E-state index in [0.29, 0.717) is 35.9 Å². The highest BCUT2D eigenvalue weighted by Gasteiger charge is 2.30. The van der Waals surface area contributed by atoms with Gasteiger partial charge in [0.2, 0.25) is 25.8 Å². The van der Waals surface area contributed by atoms with E-state index in [1.165, 1.54) is 35.6 Å². The molecule has 4 rings (SSSR count). The molecule has 1 amide bonds. The van der Waals surface area contributed by atoms with Crippen molar-refractivity contribution < 1.29 is 35.2 Å². The summed E-state index contributed by atoms with van der Waals surface area (Å²) < 4.78 is 77.3. The lowest BCUT2D eigenvalue weighted by atomic mass is 10.1. The molecular formula is C24H29FN4O7S2. The molecule has 1 aromatic carbocycles. The number of halogens is 1. The molecule has 0 radical (unpaired) electrons. The van der Waals surface area contributed by atoms with Gasteiger partial charge in [0.15, 0.2) is 11.5 Å². The van der Waals surface area contributed by atoms with E-state index in [-0.39, 0.29) is 48.3 Å². The Balaban J connectivity index is 1.77. The second-order valence-electron chi connectivity index (χ2n) is 8.84. The van der Waals surface area contributed by atoms with Gasteiger partial charge in [-0.05, 0) is 55.2 Å². The largest absolute Gasteiger partial charge is 0.434 e. The molecule has 0 unspecified atom stereocenters. The zero-order valence-electron chi connectivity index (χ0n) is 21.2. The van der Waals surface area contributed by atoms with Gasteiger partial charge in [0, 0.05) is 32.2 Å². The number of carbonyl (C=O) groups is 1. The van der Waals surface area contributed by atoms with Gasteiger partial charge in [-0.2, -0.15) is 4.98 Å². The quantitative estimate of drug-likeness (QED) is 0.416. The zero-order chi connectivity index (χ0) is 27.7. The molecule has 38 heavy (non-hydrogen) atoms. The summed E-state index contributed by atoms with van der Waals surface area (Å²) in [6.45, 7) is 2.43. The molecule has 1 aliphatic rings. The van der Waals surface area contributed by atoms with Crippen LogP contribution in [0, 0.1) is 5.82 Å². The van der Waals surface area contributed by atoms with Gasteiger partial charge in [0.25, 0.3) is 0 Å². The van der Waals surface area contributed by atoms with Gasteiger partial charge in [-0.3, -0.25) is 4.31 Å². The van der Waals surface area contributed by atoms with Crippen molar-refractivity contribution >= 4 is 43.1 Å². The van der Waals surface area contributed by atoms with E-state index in [2.05, 4.69) is 10.3 Å². The monoisotopic (exact) mass is 568 g/mol. The molecule has 1 fully saturated rings. The second kappa shape index (κ2) is 10.9. The van der Waals surface area contributed by atoms with Gasteiger partial charge in [-0.1, -0.05) is 6.92 Å². The van der Waals surface area contributed by atoms with E-state index < -0.39 is 32.0 Å². The van der Waals surface area contributed by atoms with Crippen LogP contribution in [0.3, 0.4) is 0 Å². The molecule has 0 atom stereocenters. The molecule has 0 spiro atoms. The summed E-state index contributed by atoms with van der Waals surface area (Å²) in [5.74, 6) is -0.0445. The summed E-state index contributed by atoms with van der Waals surface area (Å²) >= 11 is 0. The van der Waals surface area contributed by atoms with Crippen LogP contribution < -0.4 is 14.4 Å². The second-order valence-corrected chi connectivity index (χ2v) is 12.8. The first-order valence-electron chi connectivity index (χ1n) is 12.0. The van der Waals surface area contributed by atoms with Crippen molar-refractivity contribution in [3.05, 3.63) is 41.7 Å². The zero-order valence-corrected chi connectivity index (χ0v) is 22.9. The third kappa shape index (κ3) is 5.76. The van der Waals surface area contributed by atoms with Gasteiger partial charge in [-0.15, -0.1) is 0 Å². The van der Waals surface area contributed by atoms with Gasteiger partial charge < -0.3 is 14.5 Å². The number of nitrogens with one attached hydrogen (secondary N) is 1. The maximum atomic E-state index is 13.5. The minimum Gasteiger partial charge on any atom is -0.434 e. The molecule has 11 nitrogen and oxygen atoms in total. The molecule has 3 heterocycles. The van der Waals surface area contributed by atoms with Crippen molar-refractivity contribution in [2.75, 3.05) is 43.0 Å². The fourth-order valence-electron chi connectivity index (χ4n) is 4.31. The van der Waals surface area contributed by atoms with Gasteiger partial charge in [-0.25, -0.2) is 30.3 Å². The topological polar surface area (TPSA) is 139 Å². The van der Waals surface area contributed by atoms with Crippen molar-refractivity contribution in [3.8, 4) is 17.1 Å². The highest BCUT2D eigenvalue weighted by atomic mass is 32.2. The lowest BCUT2D eigenvalue weighted by molar-refractivity contribution is 0.203. The number of aromatic nitrogens is 1. The summed E-state index contributed by atoms with van der Waals surface area (Å²) in [5.41, 5.74) is 0.992. The number of sulfonamides is 2. The highest BCUT2D eigenvalue weighted by molar-refractivity contribution is 7.92. The van der Waals surface area contributed by atoms with E-state index in [9.17, 15) is 26.0 Å². The van der Waals surface area contributed by atoms with Crippen LogP contribution in [-0.4, -0.2) is 70.9 Å². The van der Waals surface area contributed by atoms with E-state index in [4.69, 9.17) is 9.15 Å². The first kappa shape index (κ1) is 27.8. The minimum absolute atomic E-state index is 0.00346. The summed E-state index contributed by atoms with van der Waals surface area (Å²) in [6, 6.07) is 7.03. The molecule has 0 saturated carbocycles. The molecule has 14 heteroatoms. The first-order valence-corrected chi connectivity index (χ1v) is 15.5. The highest BCUT2D eigenvalue weighted by Crippen LogP contribution is 2.41. The molecule has 3 aromatic rings. The first-order chi connectivity index (χ1) is 17.9. The molecule has 0 bridgehead atoms. The number of hydrogen-bond acceptors (Lipinski definition) is 8. The standard InChI is InChI=1S/C24H29FN4O7S2/c1-4-16-15-19-21(36-24(30)26-2)20(17-7-9-18(25)10-8-17)35-23(19)27-22(16)29(37(3,31)32)13-5-11-28-12-6-14-38(28,33)34/h7-10,15H,4-6,11-14H2,1-3H3,(H,26,30). The number of anilines is 1. The van der Waals surface area contributed by atoms with E-state index in [0.717, 1.165) is 10.6 Å². The smallest absolute Gasteiger partial charge is 0.412 e. The summed E-state index contributed by atoms with van der Waals surface area (Å²) in [4.78, 5) is 16.6. The van der Waals surface area contributed by atoms with Crippen molar-refractivity contribution in [1.82, 2.24) is 14.6 Å². The van der Waals surface area contributed by atoms with Crippen molar-refractivity contribution in [1.29, 1.82) is 0 Å². The Kier molecular flexibility index (Phi) is 7.95. The number of furan rings is 1. The van der Waals surface area contributed by atoms with Crippen LogP contribution in [0.5, 0.6) is 5.75 Å². The number of carbonyl (C=O) groups excluding carboxylic acids is 1. The summed E-state index contributed by atoms with van der Waals surface area (Å²) in [6.07, 6.45) is 1.50. The van der Waals surface area contributed by atoms with Gasteiger partial charge in [0.05, 0.1) is 17.4 Å². The molecule has 2 aromatic heterocycles. The Labute approximate surface area is 220 Å². The normalized spacial score (nSPS) is 15.6. The number of amides is 1. The predicted octanol–water partition coefficient (Wildman–Crippen LogP) is 3.11. The molecule has 0 aliphatic carbocycles. The van der Waals surface area contributed by atoms with E-state index >= 15 is 0 Å².